The van der Waals surface area contributed by atoms with Crippen LogP contribution in [0, 0.1) is 0 Å². The number of hydrogen-bond acceptors (Lipinski definition) is 5. The SMILES string of the molecule is CSCCn1c(=NC(=O)c2ccc(S(=O)(=O)N(C)C(C)C)cc2)sc2cc(Br)ccc21. The molecule has 6 nitrogen and oxygen atoms in total. The Morgan fingerprint density at radius 3 is 2.52 bits per heavy atom. The Kier molecular flexibility index (Phi) is 7.80. The fourth-order valence-corrected chi connectivity index (χ4v) is 6.23. The van der Waals surface area contributed by atoms with Gasteiger partial charge in [0, 0.05) is 35.4 Å². The van der Waals surface area contributed by atoms with Crippen molar-refractivity contribution in [2.45, 2.75) is 31.3 Å². The number of thioether (sulfide) groups is 1. The summed E-state index contributed by atoms with van der Waals surface area (Å²) in [6, 6.07) is 11.8. The van der Waals surface area contributed by atoms with Gasteiger partial charge in [-0.2, -0.15) is 21.1 Å². The van der Waals surface area contributed by atoms with Gasteiger partial charge in [-0.3, -0.25) is 4.79 Å². The van der Waals surface area contributed by atoms with Crippen LogP contribution in [-0.4, -0.2) is 48.3 Å². The summed E-state index contributed by atoms with van der Waals surface area (Å²) in [4.78, 5) is 18.0. The van der Waals surface area contributed by atoms with Crippen molar-refractivity contribution in [1.29, 1.82) is 0 Å². The maximum Gasteiger partial charge on any atom is 0.279 e. The predicted molar refractivity (Wildman–Crippen MR) is 132 cm³/mol. The molecule has 0 aliphatic rings. The first-order chi connectivity index (χ1) is 14.6. The van der Waals surface area contributed by atoms with Gasteiger partial charge in [-0.05, 0) is 62.6 Å². The lowest BCUT2D eigenvalue weighted by Crippen LogP contribution is -2.33. The van der Waals surface area contributed by atoms with Gasteiger partial charge in [0.05, 0.1) is 15.1 Å². The summed E-state index contributed by atoms with van der Waals surface area (Å²) in [5, 5.41) is 0. The summed E-state index contributed by atoms with van der Waals surface area (Å²) in [5.41, 5.74) is 1.38. The van der Waals surface area contributed by atoms with Crippen LogP contribution in [0.1, 0.15) is 24.2 Å². The quantitative estimate of drug-likeness (QED) is 0.438. The van der Waals surface area contributed by atoms with Gasteiger partial charge in [-0.15, -0.1) is 0 Å². The number of carbonyl (C=O) groups excluding carboxylic acids is 1. The highest BCUT2D eigenvalue weighted by molar-refractivity contribution is 9.10. The van der Waals surface area contributed by atoms with Crippen LogP contribution in [0.15, 0.2) is 56.8 Å². The number of rotatable bonds is 7. The molecule has 0 aliphatic carbocycles. The van der Waals surface area contributed by atoms with Crippen molar-refractivity contribution >= 4 is 65.2 Å². The van der Waals surface area contributed by atoms with E-state index in [2.05, 4.69) is 25.5 Å². The van der Waals surface area contributed by atoms with Crippen molar-refractivity contribution < 1.29 is 13.2 Å². The molecule has 0 unspecified atom stereocenters. The molecule has 3 aromatic rings. The highest BCUT2D eigenvalue weighted by Crippen LogP contribution is 2.23. The maximum absolute atomic E-state index is 12.8. The first-order valence-corrected chi connectivity index (χ1v) is 14.0. The lowest BCUT2D eigenvalue weighted by molar-refractivity contribution is 0.0997. The Hall–Kier alpha value is -1.46. The zero-order chi connectivity index (χ0) is 22.8. The standard InChI is InChI=1S/C21H24BrN3O3S3/c1-14(2)24(3)31(27,28)17-8-5-15(6-9-17)20(26)23-21-25(11-12-29-4)18-10-7-16(22)13-19(18)30-21/h5-10,13-14H,11-12H2,1-4H3. The van der Waals surface area contributed by atoms with Gasteiger partial charge in [0.25, 0.3) is 5.91 Å². The fourth-order valence-electron chi connectivity index (χ4n) is 2.90. The largest absolute Gasteiger partial charge is 0.316 e. The number of aromatic nitrogens is 1. The monoisotopic (exact) mass is 541 g/mol. The Bertz CT molecular complexity index is 1260. The van der Waals surface area contributed by atoms with E-state index in [0.717, 1.165) is 27.0 Å². The van der Waals surface area contributed by atoms with Crippen LogP contribution in [0.25, 0.3) is 10.2 Å². The first-order valence-electron chi connectivity index (χ1n) is 9.60. The Labute approximate surface area is 199 Å². The van der Waals surface area contributed by atoms with E-state index in [1.807, 2.05) is 38.3 Å². The van der Waals surface area contributed by atoms with E-state index in [4.69, 9.17) is 0 Å². The third-order valence-electron chi connectivity index (χ3n) is 4.87. The topological polar surface area (TPSA) is 71.7 Å². The highest BCUT2D eigenvalue weighted by Gasteiger charge is 2.23. The van der Waals surface area contributed by atoms with Gasteiger partial charge in [0.2, 0.25) is 10.0 Å². The molecule has 0 saturated heterocycles. The van der Waals surface area contributed by atoms with E-state index < -0.39 is 15.9 Å². The van der Waals surface area contributed by atoms with E-state index >= 15 is 0 Å². The number of sulfonamides is 1. The Balaban J connectivity index is 1.98. The average Bonchev–Trinajstić information content (AvgIpc) is 3.07. The van der Waals surface area contributed by atoms with Gasteiger partial charge in [0.15, 0.2) is 4.80 Å². The number of thiazole rings is 1. The third kappa shape index (κ3) is 5.31. The second-order valence-electron chi connectivity index (χ2n) is 7.20. The molecule has 0 N–H and O–H groups in total. The Morgan fingerprint density at radius 2 is 1.90 bits per heavy atom. The minimum Gasteiger partial charge on any atom is -0.316 e. The summed E-state index contributed by atoms with van der Waals surface area (Å²) in [5.74, 6) is 0.504. The summed E-state index contributed by atoms with van der Waals surface area (Å²) in [6.07, 6.45) is 2.04. The van der Waals surface area contributed by atoms with Gasteiger partial charge in [-0.25, -0.2) is 8.42 Å². The van der Waals surface area contributed by atoms with Gasteiger partial charge >= 0.3 is 0 Å². The molecule has 0 spiro atoms. The number of halogens is 1. The molecule has 10 heteroatoms. The molecule has 31 heavy (non-hydrogen) atoms. The average molecular weight is 543 g/mol. The second kappa shape index (κ2) is 9.99. The number of hydrogen-bond donors (Lipinski definition) is 0. The van der Waals surface area contributed by atoms with E-state index in [1.54, 1.807) is 18.8 Å². The number of nitrogens with zero attached hydrogens (tertiary/aromatic N) is 3. The summed E-state index contributed by atoms with van der Waals surface area (Å²) in [7, 11) is -2.05. The van der Waals surface area contributed by atoms with Crippen LogP contribution in [0.5, 0.6) is 0 Å². The van der Waals surface area contributed by atoms with Gasteiger partial charge in [0.1, 0.15) is 0 Å². The molecule has 2 aromatic carbocycles. The molecule has 0 saturated carbocycles. The number of aryl methyl sites for hydroxylation is 1. The number of amides is 1. The van der Waals surface area contributed by atoms with E-state index in [-0.39, 0.29) is 10.9 Å². The van der Waals surface area contributed by atoms with Crippen LogP contribution < -0.4 is 4.80 Å². The maximum atomic E-state index is 12.8. The van der Waals surface area contributed by atoms with Crippen molar-refractivity contribution in [2.24, 2.45) is 4.99 Å². The molecule has 1 amide bonds. The molecule has 166 valence electrons. The van der Waals surface area contributed by atoms with E-state index in [0.29, 0.717) is 10.4 Å². The normalized spacial score (nSPS) is 12.9. The van der Waals surface area contributed by atoms with E-state index in [1.165, 1.54) is 39.9 Å². The van der Waals surface area contributed by atoms with Gasteiger partial charge < -0.3 is 4.57 Å². The van der Waals surface area contributed by atoms with Crippen LogP contribution in [0.3, 0.4) is 0 Å². The molecule has 0 bridgehead atoms. The minimum absolute atomic E-state index is 0.155. The molecule has 0 fully saturated rings. The molecule has 3 rings (SSSR count). The molecular weight excluding hydrogens is 518 g/mol. The summed E-state index contributed by atoms with van der Waals surface area (Å²) >= 11 is 6.68. The predicted octanol–water partition coefficient (Wildman–Crippen LogP) is 4.60. The number of benzene rings is 2. The molecule has 1 aromatic heterocycles. The van der Waals surface area contributed by atoms with Crippen molar-refractivity contribution in [2.75, 3.05) is 19.1 Å². The first kappa shape index (κ1) is 24.2. The lowest BCUT2D eigenvalue weighted by atomic mass is 10.2. The molecular formula is C21H24BrN3O3S3. The minimum atomic E-state index is -3.60. The molecule has 1 heterocycles. The Morgan fingerprint density at radius 1 is 1.23 bits per heavy atom. The fraction of sp³-hybridized carbons (Fsp3) is 0.333. The zero-order valence-electron chi connectivity index (χ0n) is 17.7. The van der Waals surface area contributed by atoms with Gasteiger partial charge in [-0.1, -0.05) is 27.3 Å². The zero-order valence-corrected chi connectivity index (χ0v) is 21.7. The molecule has 0 aliphatic heterocycles. The second-order valence-corrected chi connectivity index (χ2v) is 12.1. The molecule has 0 atom stereocenters. The van der Waals surface area contributed by atoms with Crippen molar-refractivity contribution in [3.63, 3.8) is 0 Å². The van der Waals surface area contributed by atoms with Crippen molar-refractivity contribution in [1.82, 2.24) is 8.87 Å². The van der Waals surface area contributed by atoms with Crippen LogP contribution >= 0.6 is 39.0 Å². The third-order valence-corrected chi connectivity index (χ3v) is 9.04. The van der Waals surface area contributed by atoms with Crippen molar-refractivity contribution in [3.05, 3.63) is 57.3 Å². The highest BCUT2D eigenvalue weighted by atomic mass is 79.9. The lowest BCUT2D eigenvalue weighted by Gasteiger charge is -2.20. The van der Waals surface area contributed by atoms with E-state index in [9.17, 15) is 13.2 Å². The number of carbonyl (C=O) groups is 1. The van der Waals surface area contributed by atoms with Crippen LogP contribution in [0.2, 0.25) is 0 Å². The summed E-state index contributed by atoms with van der Waals surface area (Å²) < 4.78 is 30.6. The van der Waals surface area contributed by atoms with Crippen molar-refractivity contribution in [3.8, 4) is 0 Å². The number of fused-ring (bicyclic) bond motifs is 1. The van der Waals surface area contributed by atoms with Crippen LogP contribution in [0.4, 0.5) is 0 Å². The molecule has 0 radical (unpaired) electrons. The van der Waals surface area contributed by atoms with Crippen LogP contribution in [-0.2, 0) is 16.6 Å². The smallest absolute Gasteiger partial charge is 0.279 e. The summed E-state index contributed by atoms with van der Waals surface area (Å²) in [6.45, 7) is 4.36.